The van der Waals surface area contributed by atoms with E-state index in [2.05, 4.69) is 28.2 Å². The van der Waals surface area contributed by atoms with Crippen LogP contribution in [0.5, 0.6) is 0 Å². The molecule has 0 atom stereocenters. The molecule has 0 unspecified atom stereocenters. The molecule has 0 aliphatic carbocycles. The number of oxazole rings is 1. The molecule has 0 bridgehead atoms. The van der Waals surface area contributed by atoms with Crippen molar-refractivity contribution in [3.63, 3.8) is 0 Å². The van der Waals surface area contributed by atoms with E-state index >= 15 is 0 Å². The van der Waals surface area contributed by atoms with Crippen molar-refractivity contribution >= 4 is 17.1 Å². The minimum absolute atomic E-state index is 0.424. The molecular weight excluding hydrogens is 202 g/mol. The second kappa shape index (κ2) is 4.37. The van der Waals surface area contributed by atoms with Gasteiger partial charge in [-0.25, -0.2) is 0 Å². The zero-order valence-corrected chi connectivity index (χ0v) is 8.74. The highest BCUT2D eigenvalue weighted by Gasteiger charge is 2.04. The lowest BCUT2D eigenvalue weighted by Crippen LogP contribution is -1.97. The molecule has 0 saturated carbocycles. The lowest BCUT2D eigenvalue weighted by Gasteiger charge is -1.91. The molecule has 78 valence electrons. The molecule has 16 heavy (non-hydrogen) atoms. The number of aromatic nitrogens is 1. The zero-order chi connectivity index (χ0) is 11.4. The van der Waals surface area contributed by atoms with Crippen molar-refractivity contribution in [1.29, 1.82) is 5.26 Å². The van der Waals surface area contributed by atoms with E-state index in [-0.39, 0.29) is 0 Å². The predicted molar refractivity (Wildman–Crippen MR) is 60.7 cm³/mol. The molecule has 0 aliphatic heterocycles. The molecule has 4 nitrogen and oxygen atoms in total. The quantitative estimate of drug-likeness (QED) is 0.773. The van der Waals surface area contributed by atoms with Crippen LogP contribution in [0.1, 0.15) is 12.5 Å². The van der Waals surface area contributed by atoms with Crippen molar-refractivity contribution in [2.75, 3.05) is 11.9 Å². The fraction of sp³-hybridized carbons (Fsp3) is 0.167. The Morgan fingerprint density at radius 3 is 3.12 bits per heavy atom. The first kappa shape index (κ1) is 10.1. The minimum atomic E-state index is 0.424. The van der Waals surface area contributed by atoms with Crippen molar-refractivity contribution in [3.8, 4) is 17.9 Å². The Labute approximate surface area is 92.9 Å². The van der Waals surface area contributed by atoms with Crippen molar-refractivity contribution < 1.29 is 4.42 Å². The van der Waals surface area contributed by atoms with E-state index in [9.17, 15) is 0 Å². The number of nitrogens with one attached hydrogen (secondary N) is 1. The maximum Gasteiger partial charge on any atom is 0.296 e. The largest absolute Gasteiger partial charge is 0.424 e. The molecular formula is C12H9N3O. The Kier molecular flexibility index (Phi) is 2.75. The number of hydrogen-bond donors (Lipinski definition) is 1. The fourth-order valence-corrected chi connectivity index (χ4v) is 1.28. The van der Waals surface area contributed by atoms with Crippen LogP contribution in [0.15, 0.2) is 22.6 Å². The maximum absolute atomic E-state index is 8.73. The van der Waals surface area contributed by atoms with E-state index in [0.717, 1.165) is 0 Å². The normalized spacial score (nSPS) is 9.25. The standard InChI is InChI=1S/C12H9N3O/c1-2-3-6-14-12-15-10-7-9(8-13)4-5-11(10)16-12/h4-5,7H,6H2,1H3,(H,14,15). The molecule has 1 aromatic heterocycles. The van der Waals surface area contributed by atoms with Gasteiger partial charge in [0.15, 0.2) is 5.58 Å². The second-order valence-corrected chi connectivity index (χ2v) is 3.09. The first-order chi connectivity index (χ1) is 7.83. The van der Waals surface area contributed by atoms with Gasteiger partial charge in [-0.15, -0.1) is 5.92 Å². The van der Waals surface area contributed by atoms with Gasteiger partial charge in [-0.05, 0) is 25.1 Å². The summed E-state index contributed by atoms with van der Waals surface area (Å²) in [6.07, 6.45) is 0. The Morgan fingerprint density at radius 1 is 1.50 bits per heavy atom. The van der Waals surface area contributed by atoms with Crippen LogP contribution < -0.4 is 5.32 Å². The van der Waals surface area contributed by atoms with E-state index in [1.54, 1.807) is 25.1 Å². The highest BCUT2D eigenvalue weighted by molar-refractivity contribution is 5.76. The molecule has 0 radical (unpaired) electrons. The lowest BCUT2D eigenvalue weighted by molar-refractivity contribution is 0.618. The molecule has 0 spiro atoms. The summed E-state index contributed by atoms with van der Waals surface area (Å²) in [5.74, 6) is 5.62. The predicted octanol–water partition coefficient (Wildman–Crippen LogP) is 2.13. The lowest BCUT2D eigenvalue weighted by atomic mass is 10.2. The van der Waals surface area contributed by atoms with E-state index in [1.807, 2.05) is 0 Å². The molecule has 1 N–H and O–H groups in total. The van der Waals surface area contributed by atoms with Gasteiger partial charge in [0.05, 0.1) is 18.2 Å². The molecule has 0 amide bonds. The molecule has 1 aromatic carbocycles. The van der Waals surface area contributed by atoms with Crippen molar-refractivity contribution in [3.05, 3.63) is 23.8 Å². The third kappa shape index (κ3) is 1.97. The summed E-state index contributed by atoms with van der Waals surface area (Å²) in [6, 6.07) is 7.60. The van der Waals surface area contributed by atoms with Crippen LogP contribution in [0.4, 0.5) is 6.01 Å². The maximum atomic E-state index is 8.73. The Bertz CT molecular complexity index is 610. The number of fused-ring (bicyclic) bond motifs is 1. The summed E-state index contributed by atoms with van der Waals surface area (Å²) in [6.45, 7) is 2.27. The van der Waals surface area contributed by atoms with Gasteiger partial charge < -0.3 is 9.73 Å². The van der Waals surface area contributed by atoms with Crippen molar-refractivity contribution in [1.82, 2.24) is 4.98 Å². The first-order valence-corrected chi connectivity index (χ1v) is 4.77. The van der Waals surface area contributed by atoms with Gasteiger partial charge in [-0.3, -0.25) is 0 Å². The van der Waals surface area contributed by atoms with Gasteiger partial charge in [-0.1, -0.05) is 5.92 Å². The number of rotatable bonds is 2. The van der Waals surface area contributed by atoms with Gasteiger partial charge >= 0.3 is 0 Å². The number of hydrogen-bond acceptors (Lipinski definition) is 4. The smallest absolute Gasteiger partial charge is 0.296 e. The number of nitriles is 1. The second-order valence-electron chi connectivity index (χ2n) is 3.09. The van der Waals surface area contributed by atoms with Crippen LogP contribution in [0.2, 0.25) is 0 Å². The van der Waals surface area contributed by atoms with Gasteiger partial charge in [-0.2, -0.15) is 10.2 Å². The third-order valence-corrected chi connectivity index (χ3v) is 2.02. The van der Waals surface area contributed by atoms with Crippen LogP contribution in [-0.4, -0.2) is 11.5 Å². The van der Waals surface area contributed by atoms with Crippen LogP contribution in [-0.2, 0) is 0 Å². The molecule has 0 aliphatic rings. The molecule has 2 rings (SSSR count). The van der Waals surface area contributed by atoms with Crippen LogP contribution in [0.3, 0.4) is 0 Å². The van der Waals surface area contributed by atoms with E-state index < -0.39 is 0 Å². The Hall–Kier alpha value is -2.46. The summed E-state index contributed by atoms with van der Waals surface area (Å²) in [5.41, 5.74) is 1.90. The third-order valence-electron chi connectivity index (χ3n) is 2.02. The van der Waals surface area contributed by atoms with Crippen LogP contribution >= 0.6 is 0 Å². The fourth-order valence-electron chi connectivity index (χ4n) is 1.28. The topological polar surface area (TPSA) is 61.9 Å². The van der Waals surface area contributed by atoms with E-state index in [4.69, 9.17) is 9.68 Å². The number of benzene rings is 1. The highest BCUT2D eigenvalue weighted by atomic mass is 16.4. The van der Waals surface area contributed by atoms with Gasteiger partial charge in [0.25, 0.3) is 6.01 Å². The van der Waals surface area contributed by atoms with Gasteiger partial charge in [0.1, 0.15) is 5.52 Å². The summed E-state index contributed by atoms with van der Waals surface area (Å²) < 4.78 is 5.41. The average Bonchev–Trinajstić information content (AvgIpc) is 2.70. The van der Waals surface area contributed by atoms with Crippen LogP contribution in [0, 0.1) is 23.2 Å². The van der Waals surface area contributed by atoms with Gasteiger partial charge in [0.2, 0.25) is 0 Å². The first-order valence-electron chi connectivity index (χ1n) is 4.77. The number of anilines is 1. The molecule has 4 heteroatoms. The van der Waals surface area contributed by atoms with Gasteiger partial charge in [0, 0.05) is 0 Å². The molecule has 1 heterocycles. The highest BCUT2D eigenvalue weighted by Crippen LogP contribution is 2.19. The van der Waals surface area contributed by atoms with Crippen molar-refractivity contribution in [2.45, 2.75) is 6.92 Å². The van der Waals surface area contributed by atoms with Crippen LogP contribution in [0.25, 0.3) is 11.1 Å². The molecule has 0 fully saturated rings. The zero-order valence-electron chi connectivity index (χ0n) is 8.74. The summed E-state index contributed by atoms with van der Waals surface area (Å²) in [7, 11) is 0. The molecule has 2 aromatic rings. The Morgan fingerprint density at radius 2 is 2.38 bits per heavy atom. The molecule has 0 saturated heterocycles. The summed E-state index contributed by atoms with van der Waals surface area (Å²) in [4.78, 5) is 4.20. The minimum Gasteiger partial charge on any atom is -0.424 e. The monoisotopic (exact) mass is 211 g/mol. The summed E-state index contributed by atoms with van der Waals surface area (Å²) in [5, 5.41) is 11.7. The average molecular weight is 211 g/mol. The van der Waals surface area contributed by atoms with E-state index in [1.165, 1.54) is 0 Å². The summed E-state index contributed by atoms with van der Waals surface area (Å²) >= 11 is 0. The van der Waals surface area contributed by atoms with E-state index in [0.29, 0.717) is 29.2 Å². The Balaban J connectivity index is 2.29. The number of nitrogens with zero attached hydrogens (tertiary/aromatic N) is 2. The SMILES string of the molecule is CC#CCNc1nc2cc(C#N)ccc2o1. The van der Waals surface area contributed by atoms with Crippen molar-refractivity contribution in [2.24, 2.45) is 0 Å².